The largest absolute Gasteiger partial charge is 0.419 e. The lowest BCUT2D eigenvalue weighted by molar-refractivity contribution is -0.223. The van der Waals surface area contributed by atoms with Crippen molar-refractivity contribution in [2.24, 2.45) is 0 Å². The molecule has 3 aliphatic rings. The maximum Gasteiger partial charge on any atom is 0.350 e. The molecule has 1 aliphatic carbocycles. The Hall–Kier alpha value is -1.56. The molecule has 0 radical (unpaired) electrons. The minimum atomic E-state index is -1.20. The van der Waals surface area contributed by atoms with Crippen LogP contribution in [0.3, 0.4) is 0 Å². The maximum atomic E-state index is 12.1. The van der Waals surface area contributed by atoms with Crippen LogP contribution in [-0.4, -0.2) is 41.5 Å². The Morgan fingerprint density at radius 1 is 1.00 bits per heavy atom. The van der Waals surface area contributed by atoms with E-state index in [2.05, 4.69) is 0 Å². The van der Waals surface area contributed by atoms with E-state index in [0.29, 0.717) is 0 Å². The minimum Gasteiger partial charge on any atom is -0.419 e. The van der Waals surface area contributed by atoms with Crippen LogP contribution in [-0.2, 0) is 23.8 Å². The first-order valence-corrected chi connectivity index (χ1v) is 8.01. The van der Waals surface area contributed by atoms with Crippen molar-refractivity contribution in [2.75, 3.05) is 13.2 Å². The molecule has 0 N–H and O–H groups in total. The van der Waals surface area contributed by atoms with Gasteiger partial charge in [0.2, 0.25) is 0 Å². The van der Waals surface area contributed by atoms with Crippen molar-refractivity contribution < 1.29 is 23.8 Å². The number of cyclic esters (lactones) is 2. The van der Waals surface area contributed by atoms with Gasteiger partial charge in [0.05, 0.1) is 6.61 Å². The Bertz CT molecular complexity index is 474. The Balaban J connectivity index is 1.85. The zero-order chi connectivity index (χ0) is 15.8. The predicted molar refractivity (Wildman–Crippen MR) is 77.4 cm³/mol. The van der Waals surface area contributed by atoms with Crippen LogP contribution in [0, 0.1) is 0 Å². The molecule has 0 aromatic carbocycles. The van der Waals surface area contributed by atoms with Crippen molar-refractivity contribution >= 4 is 11.9 Å². The van der Waals surface area contributed by atoms with Crippen LogP contribution in [0.2, 0.25) is 0 Å². The van der Waals surface area contributed by atoms with Crippen molar-refractivity contribution in [3.05, 3.63) is 11.8 Å². The fourth-order valence-electron chi connectivity index (χ4n) is 3.42. The van der Waals surface area contributed by atoms with E-state index in [1.807, 2.05) is 4.90 Å². The third-order valence-electron chi connectivity index (χ3n) is 4.47. The van der Waals surface area contributed by atoms with Gasteiger partial charge in [-0.05, 0) is 32.1 Å². The summed E-state index contributed by atoms with van der Waals surface area (Å²) < 4.78 is 16.4. The minimum absolute atomic E-state index is 0.0465. The maximum absolute atomic E-state index is 12.1. The number of carbonyl (C=O) groups excluding carboxylic acids is 2. The molecular formula is C16H23NO5. The van der Waals surface area contributed by atoms with Crippen LogP contribution in [0.4, 0.5) is 0 Å². The number of rotatable bonds is 1. The highest BCUT2D eigenvalue weighted by Crippen LogP contribution is 2.38. The van der Waals surface area contributed by atoms with Crippen molar-refractivity contribution in [2.45, 2.75) is 63.9 Å². The van der Waals surface area contributed by atoms with Crippen LogP contribution >= 0.6 is 0 Å². The van der Waals surface area contributed by atoms with Gasteiger partial charge in [0.15, 0.2) is 5.57 Å². The van der Waals surface area contributed by atoms with Gasteiger partial charge in [-0.2, -0.15) is 0 Å². The van der Waals surface area contributed by atoms with E-state index in [9.17, 15) is 9.59 Å². The predicted octanol–water partition coefficient (Wildman–Crippen LogP) is 2.09. The van der Waals surface area contributed by atoms with Gasteiger partial charge in [-0.1, -0.05) is 6.42 Å². The van der Waals surface area contributed by atoms with E-state index in [0.717, 1.165) is 45.3 Å². The van der Waals surface area contributed by atoms with E-state index in [1.165, 1.54) is 6.42 Å². The lowest BCUT2D eigenvalue weighted by Gasteiger charge is -2.49. The number of esters is 2. The van der Waals surface area contributed by atoms with Crippen LogP contribution in [0.5, 0.6) is 0 Å². The molecule has 0 bridgehead atoms. The smallest absolute Gasteiger partial charge is 0.350 e. The molecule has 3 rings (SSSR count). The molecule has 0 atom stereocenters. The molecule has 1 saturated carbocycles. The molecular weight excluding hydrogens is 286 g/mol. The topological polar surface area (TPSA) is 65.1 Å². The lowest BCUT2D eigenvalue weighted by Crippen LogP contribution is -2.54. The molecule has 22 heavy (non-hydrogen) atoms. The average Bonchev–Trinajstić information content (AvgIpc) is 2.44. The van der Waals surface area contributed by atoms with Crippen LogP contribution in [0.25, 0.3) is 0 Å². The van der Waals surface area contributed by atoms with Crippen molar-refractivity contribution in [1.29, 1.82) is 0 Å². The number of hydrogen-bond acceptors (Lipinski definition) is 6. The van der Waals surface area contributed by atoms with E-state index in [-0.39, 0.29) is 11.3 Å². The first-order valence-electron chi connectivity index (χ1n) is 8.01. The summed E-state index contributed by atoms with van der Waals surface area (Å²) in [7, 11) is 0. The molecule has 0 aromatic rings. The Kier molecular flexibility index (Phi) is 3.89. The normalized spacial score (nSPS) is 27.4. The second-order valence-corrected chi connectivity index (χ2v) is 6.62. The highest BCUT2D eigenvalue weighted by molar-refractivity contribution is 6.15. The second-order valence-electron chi connectivity index (χ2n) is 6.62. The number of ether oxygens (including phenoxy) is 3. The third-order valence-corrected chi connectivity index (χ3v) is 4.47. The summed E-state index contributed by atoms with van der Waals surface area (Å²) in [4.78, 5) is 26.2. The number of hydrogen-bond donors (Lipinski definition) is 0. The molecule has 6 nitrogen and oxygen atoms in total. The summed E-state index contributed by atoms with van der Waals surface area (Å²) in [5.74, 6) is -2.46. The highest BCUT2D eigenvalue weighted by atomic mass is 16.7. The molecule has 2 saturated heterocycles. The number of carbonyl (C=O) groups is 2. The fourth-order valence-corrected chi connectivity index (χ4v) is 3.42. The summed E-state index contributed by atoms with van der Waals surface area (Å²) in [6, 6.07) is 0. The van der Waals surface area contributed by atoms with Gasteiger partial charge < -0.3 is 19.1 Å². The van der Waals surface area contributed by atoms with Crippen LogP contribution in [0.1, 0.15) is 52.4 Å². The van der Waals surface area contributed by atoms with E-state index >= 15 is 0 Å². The van der Waals surface area contributed by atoms with E-state index < -0.39 is 17.7 Å². The second kappa shape index (κ2) is 5.57. The quantitative estimate of drug-likeness (QED) is 0.420. The van der Waals surface area contributed by atoms with Crippen LogP contribution < -0.4 is 0 Å². The van der Waals surface area contributed by atoms with Crippen molar-refractivity contribution in [3.8, 4) is 0 Å². The first kappa shape index (κ1) is 15.3. The van der Waals surface area contributed by atoms with Crippen molar-refractivity contribution in [1.82, 2.24) is 4.90 Å². The summed E-state index contributed by atoms with van der Waals surface area (Å²) in [5.41, 5.74) is -0.424. The van der Waals surface area contributed by atoms with Gasteiger partial charge in [0, 0.05) is 26.6 Å². The zero-order valence-electron chi connectivity index (χ0n) is 13.2. The Morgan fingerprint density at radius 2 is 1.64 bits per heavy atom. The van der Waals surface area contributed by atoms with Gasteiger partial charge in [-0.3, -0.25) is 0 Å². The molecule has 0 aromatic heterocycles. The van der Waals surface area contributed by atoms with Gasteiger partial charge in [-0.25, -0.2) is 9.59 Å². The van der Waals surface area contributed by atoms with Gasteiger partial charge in [0.1, 0.15) is 5.72 Å². The molecule has 1 spiro atoms. The summed E-state index contributed by atoms with van der Waals surface area (Å²) in [5, 5.41) is 0. The standard InChI is InChI=1S/C16H23NO5/c1-15(2)21-13(18)12(14(19)22-15)11-17-9-6-10-20-16(17)7-4-3-5-8-16/h11H,3-10H2,1-2H3. The third kappa shape index (κ3) is 2.84. The molecule has 122 valence electrons. The molecule has 2 aliphatic heterocycles. The van der Waals surface area contributed by atoms with E-state index in [4.69, 9.17) is 14.2 Å². The molecule has 0 unspecified atom stereocenters. The Morgan fingerprint density at radius 3 is 2.27 bits per heavy atom. The molecule has 3 fully saturated rings. The van der Waals surface area contributed by atoms with Gasteiger partial charge in [-0.15, -0.1) is 0 Å². The average molecular weight is 309 g/mol. The molecule has 6 heteroatoms. The fraction of sp³-hybridized carbons (Fsp3) is 0.750. The molecule has 0 amide bonds. The number of nitrogens with zero attached hydrogens (tertiary/aromatic N) is 1. The monoisotopic (exact) mass is 309 g/mol. The zero-order valence-corrected chi connectivity index (χ0v) is 13.2. The molecule has 2 heterocycles. The summed E-state index contributed by atoms with van der Waals surface area (Å²) in [6.45, 7) is 4.59. The van der Waals surface area contributed by atoms with Crippen molar-refractivity contribution in [3.63, 3.8) is 0 Å². The van der Waals surface area contributed by atoms with E-state index in [1.54, 1.807) is 20.0 Å². The van der Waals surface area contributed by atoms with Gasteiger partial charge in [0.25, 0.3) is 5.79 Å². The highest BCUT2D eigenvalue weighted by Gasteiger charge is 2.43. The summed E-state index contributed by atoms with van der Waals surface area (Å²) >= 11 is 0. The van der Waals surface area contributed by atoms with Gasteiger partial charge >= 0.3 is 11.9 Å². The lowest BCUT2D eigenvalue weighted by atomic mass is 9.89. The van der Waals surface area contributed by atoms with Crippen LogP contribution in [0.15, 0.2) is 11.8 Å². The Labute approximate surface area is 130 Å². The summed E-state index contributed by atoms with van der Waals surface area (Å²) in [6.07, 6.45) is 7.71. The first-order chi connectivity index (χ1) is 10.4. The SMILES string of the molecule is CC1(C)OC(=O)C(=CN2CCCOC23CCCCC3)C(=O)O1.